The maximum absolute atomic E-state index is 13.1. The number of aryl methyl sites for hydroxylation is 2. The van der Waals surface area contributed by atoms with Crippen LogP contribution in [0.1, 0.15) is 29.8 Å². The molecular formula is C24H27F3N8O3. The molecule has 0 unspecified atom stereocenters. The molecule has 0 aromatic carbocycles. The van der Waals surface area contributed by atoms with E-state index in [0.717, 1.165) is 48.9 Å². The number of carbonyl (C=O) groups is 2. The van der Waals surface area contributed by atoms with E-state index in [4.69, 9.17) is 9.90 Å². The van der Waals surface area contributed by atoms with Crippen molar-refractivity contribution in [3.05, 3.63) is 41.6 Å². The van der Waals surface area contributed by atoms with Crippen molar-refractivity contribution in [2.75, 3.05) is 41.3 Å². The van der Waals surface area contributed by atoms with E-state index >= 15 is 0 Å². The minimum absolute atomic E-state index is 0.203. The first-order valence-corrected chi connectivity index (χ1v) is 12.2. The number of hydrogen-bond donors (Lipinski definition) is 3. The fourth-order valence-electron chi connectivity index (χ4n) is 4.93. The summed E-state index contributed by atoms with van der Waals surface area (Å²) in [5.74, 6) is -1.49. The van der Waals surface area contributed by atoms with Crippen molar-refractivity contribution in [2.45, 2.75) is 44.8 Å². The minimum atomic E-state index is -5.08. The largest absolute Gasteiger partial charge is 0.490 e. The Morgan fingerprint density at radius 2 is 1.89 bits per heavy atom. The molecule has 2 amide bonds. The summed E-state index contributed by atoms with van der Waals surface area (Å²) in [5.41, 5.74) is 5.19. The number of rotatable bonds is 2. The van der Waals surface area contributed by atoms with Gasteiger partial charge < -0.3 is 19.7 Å². The molecule has 2 aliphatic heterocycles. The zero-order chi connectivity index (χ0) is 27.2. The molecule has 202 valence electrons. The number of amides is 2. The van der Waals surface area contributed by atoms with Gasteiger partial charge in [0.15, 0.2) is 11.5 Å². The Balaban J connectivity index is 0.000000374. The van der Waals surface area contributed by atoms with Crippen molar-refractivity contribution in [1.82, 2.24) is 24.7 Å². The third-order valence-corrected chi connectivity index (χ3v) is 6.87. The van der Waals surface area contributed by atoms with E-state index in [1.54, 1.807) is 11.1 Å². The number of carboxylic acids is 1. The summed E-state index contributed by atoms with van der Waals surface area (Å²) in [4.78, 5) is 39.8. The van der Waals surface area contributed by atoms with Gasteiger partial charge in [0, 0.05) is 55.4 Å². The van der Waals surface area contributed by atoms with Crippen molar-refractivity contribution in [1.29, 1.82) is 0 Å². The number of aromatic nitrogens is 4. The van der Waals surface area contributed by atoms with E-state index in [0.29, 0.717) is 17.9 Å². The number of nitrogens with one attached hydrogen (secondary N) is 2. The van der Waals surface area contributed by atoms with Gasteiger partial charge in [0.05, 0.1) is 17.6 Å². The molecule has 11 nitrogen and oxygen atoms in total. The molecule has 3 aromatic rings. The zero-order valence-electron chi connectivity index (χ0n) is 20.8. The lowest BCUT2D eigenvalue weighted by Crippen LogP contribution is -2.52. The smallest absolute Gasteiger partial charge is 0.475 e. The number of urea groups is 1. The van der Waals surface area contributed by atoms with Crippen LogP contribution in [-0.2, 0) is 11.2 Å². The summed E-state index contributed by atoms with van der Waals surface area (Å²) in [6.07, 6.45) is 3.78. The number of alkyl halides is 3. The second kappa shape index (κ2) is 9.42. The van der Waals surface area contributed by atoms with Gasteiger partial charge in [-0.05, 0) is 39.2 Å². The molecule has 0 radical (unpaired) electrons. The highest BCUT2D eigenvalue weighted by Crippen LogP contribution is 2.41. The highest BCUT2D eigenvalue weighted by molar-refractivity contribution is 6.02. The van der Waals surface area contributed by atoms with Crippen LogP contribution in [0.4, 0.5) is 35.3 Å². The molecule has 1 saturated carbocycles. The molecule has 0 bridgehead atoms. The fraction of sp³-hybridized carbons (Fsp3) is 0.458. The molecule has 5 heterocycles. The van der Waals surface area contributed by atoms with Gasteiger partial charge in [-0.25, -0.2) is 24.5 Å². The molecule has 3 N–H and O–H groups in total. The van der Waals surface area contributed by atoms with Crippen molar-refractivity contribution in [2.24, 2.45) is 0 Å². The minimum Gasteiger partial charge on any atom is -0.475 e. The number of pyridine rings is 1. The summed E-state index contributed by atoms with van der Waals surface area (Å²) in [5, 5.41) is 13.7. The van der Waals surface area contributed by atoms with Crippen LogP contribution >= 0.6 is 0 Å². The first-order valence-electron chi connectivity index (χ1n) is 12.2. The second-order valence-electron chi connectivity index (χ2n) is 9.72. The Hall–Kier alpha value is -3.94. The Morgan fingerprint density at radius 3 is 2.58 bits per heavy atom. The van der Waals surface area contributed by atoms with Gasteiger partial charge in [-0.2, -0.15) is 13.2 Å². The van der Waals surface area contributed by atoms with Crippen LogP contribution in [0.5, 0.6) is 0 Å². The number of halogens is 3. The van der Waals surface area contributed by atoms with Gasteiger partial charge in [0.1, 0.15) is 5.82 Å². The molecule has 38 heavy (non-hydrogen) atoms. The summed E-state index contributed by atoms with van der Waals surface area (Å²) < 4.78 is 33.6. The monoisotopic (exact) mass is 532 g/mol. The molecule has 2 fully saturated rings. The van der Waals surface area contributed by atoms with Crippen LogP contribution in [-0.4, -0.2) is 74.4 Å². The molecule has 14 heteroatoms. The number of anilines is 3. The van der Waals surface area contributed by atoms with E-state index in [-0.39, 0.29) is 6.03 Å². The highest BCUT2D eigenvalue weighted by atomic mass is 19.4. The van der Waals surface area contributed by atoms with Crippen LogP contribution in [0, 0.1) is 13.8 Å². The Bertz CT molecular complexity index is 1400. The first kappa shape index (κ1) is 25.7. The summed E-state index contributed by atoms with van der Waals surface area (Å²) >= 11 is 0. The maximum Gasteiger partial charge on any atom is 0.490 e. The number of nitrogens with zero attached hydrogens (tertiary/aromatic N) is 6. The predicted molar refractivity (Wildman–Crippen MR) is 133 cm³/mol. The molecule has 1 saturated heterocycles. The number of aliphatic carboxylic acids is 1. The standard InChI is InChI=1S/C22H26N8O.C2HF3O2/c1-14-11-29-12-18(26-15(2)19(29)25-14)27-21(31)30-9-4-16-17(3-7-23-20(16)30)28-10-8-24-22(13-28)5-6-22;3-2(4,5)1(6)7/h3,7,11-12,24H,4-6,8-10,13H2,1-2H3,(H,27,31);(H,6,7). The number of imidazole rings is 1. The van der Waals surface area contributed by atoms with Gasteiger partial charge in [0.25, 0.3) is 0 Å². The van der Waals surface area contributed by atoms with Crippen LogP contribution < -0.4 is 20.4 Å². The fourth-order valence-corrected chi connectivity index (χ4v) is 4.93. The lowest BCUT2D eigenvalue weighted by molar-refractivity contribution is -0.192. The van der Waals surface area contributed by atoms with Crippen LogP contribution in [0.2, 0.25) is 0 Å². The van der Waals surface area contributed by atoms with Gasteiger partial charge in [-0.15, -0.1) is 0 Å². The third-order valence-electron chi connectivity index (χ3n) is 6.87. The van der Waals surface area contributed by atoms with Gasteiger partial charge in [-0.1, -0.05) is 0 Å². The lowest BCUT2D eigenvalue weighted by Gasteiger charge is -2.36. The number of hydrogen-bond acceptors (Lipinski definition) is 7. The van der Waals surface area contributed by atoms with E-state index in [1.807, 2.05) is 30.6 Å². The van der Waals surface area contributed by atoms with Crippen molar-refractivity contribution >= 4 is 35.0 Å². The van der Waals surface area contributed by atoms with Crippen LogP contribution in [0.25, 0.3) is 5.65 Å². The van der Waals surface area contributed by atoms with Gasteiger partial charge in [-0.3, -0.25) is 10.2 Å². The number of piperazine rings is 1. The van der Waals surface area contributed by atoms with E-state index in [1.165, 1.54) is 24.1 Å². The number of carboxylic acid groups (broad SMARTS) is 1. The Labute approximate surface area is 215 Å². The van der Waals surface area contributed by atoms with E-state index in [2.05, 4.69) is 36.6 Å². The second-order valence-corrected chi connectivity index (χ2v) is 9.72. The number of fused-ring (bicyclic) bond motifs is 2. The average Bonchev–Trinajstić information content (AvgIpc) is 3.25. The van der Waals surface area contributed by atoms with Crippen LogP contribution in [0.3, 0.4) is 0 Å². The molecule has 6 rings (SSSR count). The van der Waals surface area contributed by atoms with Gasteiger partial charge in [0.2, 0.25) is 0 Å². The predicted octanol–water partition coefficient (Wildman–Crippen LogP) is 2.91. The molecular weight excluding hydrogens is 505 g/mol. The van der Waals surface area contributed by atoms with Crippen molar-refractivity contribution < 1.29 is 27.9 Å². The van der Waals surface area contributed by atoms with Crippen molar-refractivity contribution in [3.8, 4) is 0 Å². The normalized spacial score (nSPS) is 17.7. The summed E-state index contributed by atoms with van der Waals surface area (Å²) in [6, 6.07) is 1.90. The highest BCUT2D eigenvalue weighted by Gasteiger charge is 2.46. The zero-order valence-corrected chi connectivity index (χ0v) is 20.8. The third kappa shape index (κ3) is 5.08. The maximum atomic E-state index is 13.1. The molecule has 3 aromatic heterocycles. The van der Waals surface area contributed by atoms with Gasteiger partial charge >= 0.3 is 18.2 Å². The Kier molecular flexibility index (Phi) is 6.37. The van der Waals surface area contributed by atoms with Crippen LogP contribution in [0.15, 0.2) is 24.7 Å². The summed E-state index contributed by atoms with van der Waals surface area (Å²) in [6.45, 7) is 7.48. The lowest BCUT2D eigenvalue weighted by atomic mass is 10.1. The average molecular weight is 533 g/mol. The SMILES string of the molecule is Cc1cn2cc(NC(=O)N3CCc4c(N5CCNC6(CC6)C5)ccnc43)nc(C)c2n1.O=C(O)C(F)(F)F. The van der Waals surface area contributed by atoms with Crippen molar-refractivity contribution in [3.63, 3.8) is 0 Å². The molecule has 0 atom stereocenters. The van der Waals surface area contributed by atoms with E-state index < -0.39 is 12.1 Å². The topological polar surface area (TPSA) is 128 Å². The van der Waals surface area contributed by atoms with E-state index in [9.17, 15) is 18.0 Å². The quantitative estimate of drug-likeness (QED) is 0.460. The Morgan fingerprint density at radius 1 is 1.16 bits per heavy atom. The molecule has 3 aliphatic rings. The molecule has 1 aliphatic carbocycles. The molecule has 1 spiro atoms. The number of carbonyl (C=O) groups excluding carboxylic acids is 1. The summed E-state index contributed by atoms with van der Waals surface area (Å²) in [7, 11) is 0. The first-order chi connectivity index (χ1) is 18.0.